The number of nitrogens with zero attached hydrogens (tertiary/aromatic N) is 1. The minimum absolute atomic E-state index is 0.248. The molecule has 6 heteroatoms. The average molecular weight is 332 g/mol. The minimum Gasteiger partial charge on any atom is -0.496 e. The molecule has 0 aliphatic carbocycles. The van der Waals surface area contributed by atoms with Gasteiger partial charge in [-0.1, -0.05) is 18.2 Å². The Labute approximate surface area is 143 Å². The summed E-state index contributed by atoms with van der Waals surface area (Å²) in [6.45, 7) is 0. The summed E-state index contributed by atoms with van der Waals surface area (Å²) in [6.07, 6.45) is 1.84. The summed E-state index contributed by atoms with van der Waals surface area (Å²) in [5, 5.41) is 10.9. The van der Waals surface area contributed by atoms with Crippen LogP contribution in [-0.4, -0.2) is 28.2 Å². The Hall–Kier alpha value is -3.54. The van der Waals surface area contributed by atoms with Crippen molar-refractivity contribution in [2.75, 3.05) is 12.4 Å². The number of nitrogens with one attached hydrogen (secondary N) is 3. The van der Waals surface area contributed by atoms with Gasteiger partial charge in [0.2, 0.25) is 0 Å². The van der Waals surface area contributed by atoms with E-state index < -0.39 is 0 Å². The van der Waals surface area contributed by atoms with Crippen LogP contribution in [0.4, 0.5) is 5.69 Å². The summed E-state index contributed by atoms with van der Waals surface area (Å²) in [4.78, 5) is 15.7. The number of carbonyl (C=O) groups excluding carboxylic acids is 1. The molecule has 3 N–H and O–H groups in total. The quantitative estimate of drug-likeness (QED) is 0.531. The van der Waals surface area contributed by atoms with Gasteiger partial charge in [-0.2, -0.15) is 5.10 Å². The monoisotopic (exact) mass is 332 g/mol. The zero-order valence-corrected chi connectivity index (χ0v) is 13.5. The molecule has 4 rings (SSSR count). The number of hydrogen-bond acceptors (Lipinski definition) is 3. The molecule has 1 amide bonds. The smallest absolute Gasteiger partial charge is 0.273 e. The number of hydrogen-bond donors (Lipinski definition) is 3. The molecule has 0 radical (unpaired) electrons. The van der Waals surface area contributed by atoms with Crippen molar-refractivity contribution in [1.82, 2.24) is 15.2 Å². The van der Waals surface area contributed by atoms with Crippen molar-refractivity contribution in [3.05, 3.63) is 66.5 Å². The molecule has 0 fully saturated rings. The second-order valence-electron chi connectivity index (χ2n) is 5.57. The van der Waals surface area contributed by atoms with E-state index in [1.807, 2.05) is 54.7 Å². The standard InChI is InChI=1S/C19H16N4O2/c1-25-18-8-3-2-5-13(18)16-11-17(23-22-16)19(24)21-15-7-4-6-14-12(15)9-10-20-14/h2-11,20H,1H3,(H,21,24)(H,22,23). The molecule has 25 heavy (non-hydrogen) atoms. The average Bonchev–Trinajstić information content (AvgIpc) is 3.31. The van der Waals surface area contributed by atoms with Gasteiger partial charge in [-0.15, -0.1) is 0 Å². The van der Waals surface area contributed by atoms with Crippen LogP contribution in [0.1, 0.15) is 10.5 Å². The van der Waals surface area contributed by atoms with Crippen LogP contribution < -0.4 is 10.1 Å². The summed E-state index contributed by atoms with van der Waals surface area (Å²) in [5.74, 6) is 0.459. The first kappa shape index (κ1) is 15.0. The van der Waals surface area contributed by atoms with Gasteiger partial charge in [0.25, 0.3) is 5.91 Å². The zero-order chi connectivity index (χ0) is 17.2. The molecule has 0 saturated heterocycles. The third-order valence-corrected chi connectivity index (χ3v) is 4.05. The van der Waals surface area contributed by atoms with E-state index in [0.29, 0.717) is 17.1 Å². The SMILES string of the molecule is COc1ccccc1-c1cc(C(=O)Nc2cccc3[nH]ccc23)[nH]n1. The van der Waals surface area contributed by atoms with Crippen molar-refractivity contribution < 1.29 is 9.53 Å². The Morgan fingerprint density at radius 2 is 2.00 bits per heavy atom. The molecule has 0 aliphatic heterocycles. The van der Waals surface area contributed by atoms with Gasteiger partial charge in [0.1, 0.15) is 11.4 Å². The number of aromatic nitrogens is 3. The lowest BCUT2D eigenvalue weighted by Crippen LogP contribution is -2.12. The van der Waals surface area contributed by atoms with Gasteiger partial charge in [-0.05, 0) is 36.4 Å². The number of fused-ring (bicyclic) bond motifs is 1. The highest BCUT2D eigenvalue weighted by molar-refractivity contribution is 6.08. The van der Waals surface area contributed by atoms with Crippen LogP contribution in [0.25, 0.3) is 22.2 Å². The van der Waals surface area contributed by atoms with Crippen LogP contribution in [0.3, 0.4) is 0 Å². The molecule has 124 valence electrons. The Morgan fingerprint density at radius 1 is 1.12 bits per heavy atom. The number of ether oxygens (including phenoxy) is 1. The number of methoxy groups -OCH3 is 1. The summed E-state index contributed by atoms with van der Waals surface area (Å²) in [7, 11) is 1.61. The van der Waals surface area contributed by atoms with Crippen molar-refractivity contribution >= 4 is 22.5 Å². The third kappa shape index (κ3) is 2.74. The lowest BCUT2D eigenvalue weighted by molar-refractivity contribution is 0.102. The van der Waals surface area contributed by atoms with Crippen LogP contribution >= 0.6 is 0 Å². The summed E-state index contributed by atoms with van der Waals surface area (Å²) < 4.78 is 5.35. The molecule has 2 aromatic carbocycles. The fraction of sp³-hybridized carbons (Fsp3) is 0.0526. The Morgan fingerprint density at radius 3 is 2.88 bits per heavy atom. The topological polar surface area (TPSA) is 82.8 Å². The molecular formula is C19H16N4O2. The molecule has 6 nitrogen and oxygen atoms in total. The van der Waals surface area contributed by atoms with E-state index in [2.05, 4.69) is 20.5 Å². The third-order valence-electron chi connectivity index (χ3n) is 4.05. The highest BCUT2D eigenvalue weighted by Crippen LogP contribution is 2.28. The lowest BCUT2D eigenvalue weighted by Gasteiger charge is -2.05. The van der Waals surface area contributed by atoms with E-state index >= 15 is 0 Å². The number of anilines is 1. The molecule has 0 saturated carbocycles. The van der Waals surface area contributed by atoms with Crippen molar-refractivity contribution in [1.29, 1.82) is 0 Å². The second-order valence-corrected chi connectivity index (χ2v) is 5.57. The molecule has 4 aromatic rings. The predicted molar refractivity (Wildman–Crippen MR) is 96.8 cm³/mol. The number of para-hydroxylation sites is 1. The number of rotatable bonds is 4. The molecule has 0 spiro atoms. The van der Waals surface area contributed by atoms with Crippen LogP contribution in [0.15, 0.2) is 60.8 Å². The maximum atomic E-state index is 12.6. The van der Waals surface area contributed by atoms with E-state index in [4.69, 9.17) is 4.74 Å². The summed E-state index contributed by atoms with van der Waals surface area (Å²) in [5.41, 5.74) is 3.58. The van der Waals surface area contributed by atoms with Gasteiger partial charge >= 0.3 is 0 Å². The highest BCUT2D eigenvalue weighted by Gasteiger charge is 2.14. The molecule has 2 heterocycles. The molecule has 0 unspecified atom stereocenters. The Bertz CT molecular complexity index is 1050. The predicted octanol–water partition coefficient (Wildman–Crippen LogP) is 3.82. The lowest BCUT2D eigenvalue weighted by atomic mass is 10.1. The van der Waals surface area contributed by atoms with E-state index in [-0.39, 0.29) is 5.91 Å². The first-order valence-electron chi connectivity index (χ1n) is 7.82. The zero-order valence-electron chi connectivity index (χ0n) is 13.5. The highest BCUT2D eigenvalue weighted by atomic mass is 16.5. The van der Waals surface area contributed by atoms with Gasteiger partial charge < -0.3 is 15.0 Å². The van der Waals surface area contributed by atoms with Gasteiger partial charge in [-0.3, -0.25) is 9.89 Å². The van der Waals surface area contributed by atoms with Crippen molar-refractivity contribution in [2.45, 2.75) is 0 Å². The minimum atomic E-state index is -0.248. The molecule has 0 aliphatic rings. The number of H-pyrrole nitrogens is 2. The van der Waals surface area contributed by atoms with Crippen molar-refractivity contribution in [2.24, 2.45) is 0 Å². The fourth-order valence-corrected chi connectivity index (χ4v) is 2.82. The molecular weight excluding hydrogens is 316 g/mol. The van der Waals surface area contributed by atoms with Crippen molar-refractivity contribution in [3.8, 4) is 17.0 Å². The number of carbonyl (C=O) groups is 1. The number of amides is 1. The Kier molecular flexibility index (Phi) is 3.70. The van der Waals surface area contributed by atoms with Gasteiger partial charge in [0.05, 0.1) is 18.5 Å². The second kappa shape index (κ2) is 6.16. The normalized spacial score (nSPS) is 10.8. The summed E-state index contributed by atoms with van der Waals surface area (Å²) >= 11 is 0. The maximum Gasteiger partial charge on any atom is 0.273 e. The van der Waals surface area contributed by atoms with E-state index in [1.165, 1.54) is 0 Å². The van der Waals surface area contributed by atoms with Gasteiger partial charge in [-0.25, -0.2) is 0 Å². The van der Waals surface area contributed by atoms with Gasteiger partial charge in [0.15, 0.2) is 0 Å². The molecule has 0 bridgehead atoms. The maximum absolute atomic E-state index is 12.6. The molecule has 2 aromatic heterocycles. The number of benzene rings is 2. The van der Waals surface area contributed by atoms with E-state index in [1.54, 1.807) is 13.2 Å². The Balaban J connectivity index is 1.62. The first-order valence-corrected chi connectivity index (χ1v) is 7.82. The van der Waals surface area contributed by atoms with Crippen LogP contribution in [0.5, 0.6) is 5.75 Å². The fourth-order valence-electron chi connectivity index (χ4n) is 2.82. The summed E-state index contributed by atoms with van der Waals surface area (Å²) in [6, 6.07) is 16.9. The van der Waals surface area contributed by atoms with Crippen LogP contribution in [0, 0.1) is 0 Å². The van der Waals surface area contributed by atoms with Crippen molar-refractivity contribution in [3.63, 3.8) is 0 Å². The number of aromatic amines is 2. The molecule has 0 atom stereocenters. The first-order chi connectivity index (χ1) is 12.3. The van der Waals surface area contributed by atoms with E-state index in [0.717, 1.165) is 22.2 Å². The van der Waals surface area contributed by atoms with E-state index in [9.17, 15) is 4.79 Å². The van der Waals surface area contributed by atoms with Gasteiger partial charge in [0, 0.05) is 22.7 Å². The largest absolute Gasteiger partial charge is 0.496 e. The van der Waals surface area contributed by atoms with Crippen LogP contribution in [-0.2, 0) is 0 Å². The van der Waals surface area contributed by atoms with Crippen LogP contribution in [0.2, 0.25) is 0 Å².